The largest absolute Gasteiger partial charge is 0.333 e. The van der Waals surface area contributed by atoms with Gasteiger partial charge in [-0.3, -0.25) is 0 Å². The molecule has 0 aliphatic heterocycles. The van der Waals surface area contributed by atoms with Gasteiger partial charge in [-0.1, -0.05) is 5.16 Å². The highest BCUT2D eigenvalue weighted by Gasteiger charge is 2.13. The maximum Gasteiger partial charge on any atom is 0.269 e. The molecule has 2 aromatic rings. The summed E-state index contributed by atoms with van der Waals surface area (Å²) >= 11 is 1.52. The van der Waals surface area contributed by atoms with Crippen LogP contribution in [0.1, 0.15) is 23.8 Å². The van der Waals surface area contributed by atoms with Crippen molar-refractivity contribution in [2.75, 3.05) is 0 Å². The van der Waals surface area contributed by atoms with E-state index in [2.05, 4.69) is 15.1 Å². The number of hydrogen-bond donors (Lipinski definition) is 1. The van der Waals surface area contributed by atoms with Gasteiger partial charge in [-0.2, -0.15) is 4.98 Å². The summed E-state index contributed by atoms with van der Waals surface area (Å²) in [7, 11) is 0. The minimum Gasteiger partial charge on any atom is -0.333 e. The van der Waals surface area contributed by atoms with Gasteiger partial charge in [-0.25, -0.2) is 4.98 Å². The Labute approximate surface area is 85.0 Å². The van der Waals surface area contributed by atoms with Crippen molar-refractivity contribution in [1.82, 2.24) is 15.1 Å². The van der Waals surface area contributed by atoms with Crippen LogP contribution in [0.5, 0.6) is 0 Å². The van der Waals surface area contributed by atoms with E-state index in [1.807, 2.05) is 13.8 Å². The molecule has 2 rings (SSSR count). The fraction of sp³-hybridized carbons (Fsp3) is 0.375. The summed E-state index contributed by atoms with van der Waals surface area (Å²) < 4.78 is 5.05. The lowest BCUT2D eigenvalue weighted by Crippen LogP contribution is -2.06. The first-order chi connectivity index (χ1) is 6.66. The van der Waals surface area contributed by atoms with E-state index >= 15 is 0 Å². The molecule has 0 saturated heterocycles. The zero-order valence-corrected chi connectivity index (χ0v) is 8.71. The number of thiazole rings is 1. The normalized spacial score (nSPS) is 13.1. The standard InChI is InChI=1S/C8H10N4OS/c1-4(9)7-11-8(13-12-7)6-3-10-5(2)14-6/h3-4H,9H2,1-2H3. The summed E-state index contributed by atoms with van der Waals surface area (Å²) in [4.78, 5) is 9.14. The molecule has 0 bridgehead atoms. The van der Waals surface area contributed by atoms with Gasteiger partial charge in [0.15, 0.2) is 5.82 Å². The van der Waals surface area contributed by atoms with Gasteiger partial charge in [-0.05, 0) is 13.8 Å². The first kappa shape index (κ1) is 9.29. The van der Waals surface area contributed by atoms with Crippen LogP contribution in [0.3, 0.4) is 0 Å². The molecule has 0 aliphatic carbocycles. The third kappa shape index (κ3) is 1.66. The van der Waals surface area contributed by atoms with Crippen LogP contribution < -0.4 is 5.73 Å². The first-order valence-electron chi connectivity index (χ1n) is 4.19. The number of nitrogens with two attached hydrogens (primary N) is 1. The Morgan fingerprint density at radius 2 is 2.36 bits per heavy atom. The van der Waals surface area contributed by atoms with Gasteiger partial charge in [-0.15, -0.1) is 11.3 Å². The molecule has 1 unspecified atom stereocenters. The molecule has 0 spiro atoms. The Morgan fingerprint density at radius 3 is 2.86 bits per heavy atom. The van der Waals surface area contributed by atoms with Crippen LogP contribution in [-0.2, 0) is 0 Å². The van der Waals surface area contributed by atoms with Gasteiger partial charge in [0.1, 0.15) is 4.88 Å². The Morgan fingerprint density at radius 1 is 1.57 bits per heavy atom. The molecule has 2 aromatic heterocycles. The summed E-state index contributed by atoms with van der Waals surface area (Å²) in [5.41, 5.74) is 5.61. The lowest BCUT2D eigenvalue weighted by Gasteiger charge is -1.92. The lowest BCUT2D eigenvalue weighted by atomic mass is 10.3. The Bertz CT molecular complexity index is 434. The van der Waals surface area contributed by atoms with Crippen LogP contribution >= 0.6 is 11.3 Å². The number of rotatable bonds is 2. The van der Waals surface area contributed by atoms with Crippen LogP contribution in [0.25, 0.3) is 10.8 Å². The van der Waals surface area contributed by atoms with Crippen molar-refractivity contribution in [2.45, 2.75) is 19.9 Å². The molecule has 0 aromatic carbocycles. The van der Waals surface area contributed by atoms with Crippen molar-refractivity contribution in [3.05, 3.63) is 17.0 Å². The molecule has 2 heterocycles. The fourth-order valence-electron chi connectivity index (χ4n) is 0.980. The van der Waals surface area contributed by atoms with E-state index in [1.54, 1.807) is 6.20 Å². The van der Waals surface area contributed by atoms with Crippen LogP contribution in [0.15, 0.2) is 10.7 Å². The van der Waals surface area contributed by atoms with E-state index < -0.39 is 0 Å². The third-order valence-electron chi connectivity index (χ3n) is 1.68. The van der Waals surface area contributed by atoms with E-state index in [9.17, 15) is 0 Å². The first-order valence-corrected chi connectivity index (χ1v) is 5.00. The predicted molar refractivity (Wildman–Crippen MR) is 52.7 cm³/mol. The maximum absolute atomic E-state index is 5.61. The number of hydrogen-bond acceptors (Lipinski definition) is 6. The van der Waals surface area contributed by atoms with E-state index in [1.165, 1.54) is 11.3 Å². The summed E-state index contributed by atoms with van der Waals surface area (Å²) in [6.07, 6.45) is 1.72. The quantitative estimate of drug-likeness (QED) is 0.813. The SMILES string of the molecule is Cc1ncc(-c2nc(C(C)N)no2)s1. The highest BCUT2D eigenvalue weighted by molar-refractivity contribution is 7.14. The predicted octanol–water partition coefficient (Wildman–Crippen LogP) is 1.52. The Kier molecular flexibility index (Phi) is 2.30. The van der Waals surface area contributed by atoms with Crippen molar-refractivity contribution in [1.29, 1.82) is 0 Å². The molecule has 5 nitrogen and oxygen atoms in total. The van der Waals surface area contributed by atoms with E-state index in [0.717, 1.165) is 9.88 Å². The van der Waals surface area contributed by atoms with Gasteiger partial charge in [0.05, 0.1) is 17.2 Å². The molecule has 0 amide bonds. The molecule has 0 fully saturated rings. The van der Waals surface area contributed by atoms with Crippen molar-refractivity contribution in [3.63, 3.8) is 0 Å². The monoisotopic (exact) mass is 210 g/mol. The van der Waals surface area contributed by atoms with Crippen LogP contribution in [0.4, 0.5) is 0 Å². The Balaban J connectivity index is 2.33. The molecular weight excluding hydrogens is 200 g/mol. The third-order valence-corrected chi connectivity index (χ3v) is 2.58. The molecule has 1 atom stereocenters. The average molecular weight is 210 g/mol. The summed E-state index contributed by atoms with van der Waals surface area (Å²) in [6.45, 7) is 3.74. The highest BCUT2D eigenvalue weighted by Crippen LogP contribution is 2.24. The molecule has 74 valence electrons. The van der Waals surface area contributed by atoms with Gasteiger partial charge >= 0.3 is 0 Å². The smallest absolute Gasteiger partial charge is 0.269 e. The molecule has 0 saturated carbocycles. The minimum absolute atomic E-state index is 0.207. The van der Waals surface area contributed by atoms with Crippen LogP contribution in [0.2, 0.25) is 0 Å². The number of nitrogens with zero attached hydrogens (tertiary/aromatic N) is 3. The van der Waals surface area contributed by atoms with Crippen LogP contribution in [-0.4, -0.2) is 15.1 Å². The second kappa shape index (κ2) is 3.47. The second-order valence-corrected chi connectivity index (χ2v) is 4.22. The maximum atomic E-state index is 5.61. The van der Waals surface area contributed by atoms with Gasteiger partial charge in [0.25, 0.3) is 5.89 Å². The van der Waals surface area contributed by atoms with Crippen molar-refractivity contribution >= 4 is 11.3 Å². The van der Waals surface area contributed by atoms with E-state index in [4.69, 9.17) is 10.3 Å². The summed E-state index contributed by atoms with van der Waals surface area (Å²) in [5, 5.41) is 4.74. The zero-order chi connectivity index (χ0) is 10.1. The van der Waals surface area contributed by atoms with E-state index in [0.29, 0.717) is 11.7 Å². The number of aryl methyl sites for hydroxylation is 1. The Hall–Kier alpha value is -1.27. The van der Waals surface area contributed by atoms with Gasteiger partial charge in [0, 0.05) is 0 Å². The average Bonchev–Trinajstić information content (AvgIpc) is 2.70. The fourth-order valence-corrected chi connectivity index (χ4v) is 1.68. The van der Waals surface area contributed by atoms with Gasteiger partial charge in [0.2, 0.25) is 0 Å². The van der Waals surface area contributed by atoms with Crippen molar-refractivity contribution < 1.29 is 4.52 Å². The zero-order valence-electron chi connectivity index (χ0n) is 7.89. The second-order valence-electron chi connectivity index (χ2n) is 2.99. The molecule has 0 aliphatic rings. The van der Waals surface area contributed by atoms with Crippen LogP contribution in [0, 0.1) is 6.92 Å². The molecule has 6 heteroatoms. The molecule has 14 heavy (non-hydrogen) atoms. The summed E-state index contributed by atoms with van der Waals surface area (Å²) in [6, 6.07) is -0.207. The topological polar surface area (TPSA) is 77.8 Å². The molecule has 2 N–H and O–H groups in total. The van der Waals surface area contributed by atoms with E-state index in [-0.39, 0.29) is 6.04 Å². The highest BCUT2D eigenvalue weighted by atomic mass is 32.1. The molecular formula is C8H10N4OS. The van der Waals surface area contributed by atoms with Gasteiger partial charge < -0.3 is 10.3 Å². The lowest BCUT2D eigenvalue weighted by molar-refractivity contribution is 0.419. The minimum atomic E-state index is -0.207. The van der Waals surface area contributed by atoms with Crippen molar-refractivity contribution in [2.24, 2.45) is 5.73 Å². The summed E-state index contributed by atoms with van der Waals surface area (Å²) in [5.74, 6) is 1.01. The molecule has 0 radical (unpaired) electrons. The number of aromatic nitrogens is 3. The van der Waals surface area contributed by atoms with Crippen molar-refractivity contribution in [3.8, 4) is 10.8 Å².